The van der Waals surface area contributed by atoms with Gasteiger partial charge in [0.2, 0.25) is 11.8 Å². The number of carbonyl (C=O) groups excluding carboxylic acids is 2. The largest absolute Gasteiger partial charge is 0.338 e. The summed E-state index contributed by atoms with van der Waals surface area (Å²) in [4.78, 5) is 28.0. The molecule has 2 amide bonds. The third-order valence-electron chi connectivity index (χ3n) is 4.86. The van der Waals surface area contributed by atoms with Gasteiger partial charge in [-0.15, -0.1) is 12.4 Å². The minimum atomic E-state index is -0.797. The first-order chi connectivity index (χ1) is 11.5. The number of halogens is 3. The van der Waals surface area contributed by atoms with E-state index >= 15 is 0 Å². The molecule has 0 aliphatic carbocycles. The molecule has 3 rings (SSSR count). The molecule has 1 aromatic carbocycles. The second-order valence-corrected chi connectivity index (χ2v) is 6.42. The molecule has 0 radical (unpaired) electrons. The lowest BCUT2D eigenvalue weighted by Gasteiger charge is -2.36. The van der Waals surface area contributed by atoms with Crippen LogP contribution in [-0.4, -0.2) is 42.4 Å². The Balaban J connectivity index is 0.00000225. The Labute approximate surface area is 151 Å². The van der Waals surface area contributed by atoms with Gasteiger partial charge in [0.1, 0.15) is 11.6 Å². The Morgan fingerprint density at radius 3 is 2.72 bits per heavy atom. The van der Waals surface area contributed by atoms with Crippen molar-refractivity contribution in [1.29, 1.82) is 0 Å². The number of anilines is 1. The molecule has 2 fully saturated rings. The fourth-order valence-electron chi connectivity index (χ4n) is 3.58. The van der Waals surface area contributed by atoms with Crippen molar-refractivity contribution in [1.82, 2.24) is 4.90 Å². The molecule has 0 spiro atoms. The first-order valence-electron chi connectivity index (χ1n) is 8.27. The fourth-order valence-corrected chi connectivity index (χ4v) is 3.58. The number of benzene rings is 1. The van der Waals surface area contributed by atoms with E-state index in [0.29, 0.717) is 13.1 Å². The summed E-state index contributed by atoms with van der Waals surface area (Å²) in [5.41, 5.74) is 5.77. The summed E-state index contributed by atoms with van der Waals surface area (Å²) >= 11 is 0. The normalized spacial score (nSPS) is 23.6. The van der Waals surface area contributed by atoms with E-state index in [1.807, 2.05) is 0 Å². The lowest BCUT2D eigenvalue weighted by Crippen LogP contribution is -2.50. The van der Waals surface area contributed by atoms with Crippen molar-refractivity contribution in [3.05, 3.63) is 29.8 Å². The van der Waals surface area contributed by atoms with Crippen molar-refractivity contribution in [3.63, 3.8) is 0 Å². The number of rotatable bonds is 3. The number of nitrogens with two attached hydrogens (primary N) is 1. The topological polar surface area (TPSA) is 66.6 Å². The summed E-state index contributed by atoms with van der Waals surface area (Å²) in [5.74, 6) is -2.42. The summed E-state index contributed by atoms with van der Waals surface area (Å²) in [5, 5.41) is 0. The quantitative estimate of drug-likeness (QED) is 0.882. The van der Waals surface area contributed by atoms with E-state index in [4.69, 9.17) is 5.73 Å². The Hall–Kier alpha value is -1.73. The van der Waals surface area contributed by atoms with Crippen molar-refractivity contribution >= 4 is 29.9 Å². The lowest BCUT2D eigenvalue weighted by atomic mass is 9.98. The summed E-state index contributed by atoms with van der Waals surface area (Å²) in [6.45, 7) is 1.17. The van der Waals surface area contributed by atoms with Crippen LogP contribution >= 0.6 is 12.4 Å². The van der Waals surface area contributed by atoms with Gasteiger partial charge in [-0.2, -0.15) is 0 Å². The first-order valence-corrected chi connectivity index (χ1v) is 8.27. The molecule has 0 saturated carbocycles. The zero-order valence-electron chi connectivity index (χ0n) is 13.8. The van der Waals surface area contributed by atoms with Crippen LogP contribution in [0.15, 0.2) is 18.2 Å². The van der Waals surface area contributed by atoms with Crippen LogP contribution in [0, 0.1) is 17.6 Å². The number of carbonyl (C=O) groups is 2. The summed E-state index contributed by atoms with van der Waals surface area (Å²) in [6.07, 6.45) is 2.89. The number of hydrogen-bond acceptors (Lipinski definition) is 3. The van der Waals surface area contributed by atoms with Crippen LogP contribution in [0.1, 0.15) is 25.7 Å². The molecule has 25 heavy (non-hydrogen) atoms. The van der Waals surface area contributed by atoms with Crippen molar-refractivity contribution < 1.29 is 18.4 Å². The molecule has 2 aliphatic rings. The van der Waals surface area contributed by atoms with Gasteiger partial charge in [-0.05, 0) is 31.4 Å². The van der Waals surface area contributed by atoms with Crippen molar-refractivity contribution in [2.24, 2.45) is 11.7 Å². The summed E-state index contributed by atoms with van der Waals surface area (Å²) in [6, 6.07) is 3.10. The maximum atomic E-state index is 13.9. The van der Waals surface area contributed by atoms with Gasteiger partial charge in [-0.25, -0.2) is 8.78 Å². The third-order valence-corrected chi connectivity index (χ3v) is 4.86. The molecule has 2 atom stereocenters. The molecule has 1 aromatic rings. The van der Waals surface area contributed by atoms with Gasteiger partial charge in [0.25, 0.3) is 0 Å². The summed E-state index contributed by atoms with van der Waals surface area (Å²) in [7, 11) is 0. The van der Waals surface area contributed by atoms with Crippen LogP contribution < -0.4 is 10.6 Å². The molecule has 0 aromatic heterocycles. The highest BCUT2D eigenvalue weighted by Gasteiger charge is 2.39. The van der Waals surface area contributed by atoms with E-state index < -0.39 is 17.6 Å². The lowest BCUT2D eigenvalue weighted by molar-refractivity contribution is -0.139. The highest BCUT2D eigenvalue weighted by molar-refractivity contribution is 6.00. The van der Waals surface area contributed by atoms with Crippen LogP contribution in [0.5, 0.6) is 0 Å². The number of amides is 2. The zero-order valence-corrected chi connectivity index (χ0v) is 14.6. The molecule has 138 valence electrons. The van der Waals surface area contributed by atoms with E-state index in [-0.39, 0.29) is 48.9 Å². The van der Waals surface area contributed by atoms with E-state index in [1.54, 1.807) is 4.90 Å². The van der Waals surface area contributed by atoms with Crippen LogP contribution in [0.3, 0.4) is 0 Å². The van der Waals surface area contributed by atoms with Gasteiger partial charge in [-0.1, -0.05) is 0 Å². The van der Waals surface area contributed by atoms with Crippen molar-refractivity contribution in [3.8, 4) is 0 Å². The number of piperidine rings is 1. The van der Waals surface area contributed by atoms with Gasteiger partial charge in [0.05, 0.1) is 11.6 Å². The van der Waals surface area contributed by atoms with Crippen LogP contribution in [0.2, 0.25) is 0 Å². The number of hydrogen-bond donors (Lipinski definition) is 1. The Bertz CT molecular complexity index is 659. The SMILES string of the molecule is Cl.NCC1CCCCN1C(=O)C1CC(=O)N(c2ccc(F)cc2F)C1. The molecule has 2 aliphatic heterocycles. The third kappa shape index (κ3) is 3.93. The molecule has 8 heteroatoms. The highest BCUT2D eigenvalue weighted by Crippen LogP contribution is 2.30. The number of nitrogens with zero attached hydrogens (tertiary/aromatic N) is 2. The Kier molecular flexibility index (Phi) is 6.35. The van der Waals surface area contributed by atoms with E-state index in [1.165, 1.54) is 11.0 Å². The predicted octanol–water partition coefficient (Wildman–Crippen LogP) is 2.08. The second-order valence-electron chi connectivity index (χ2n) is 6.42. The number of likely N-dealkylation sites (tertiary alicyclic amines) is 1. The Morgan fingerprint density at radius 2 is 2.04 bits per heavy atom. The molecular weight excluding hydrogens is 352 g/mol. The van der Waals surface area contributed by atoms with Gasteiger partial charge in [-0.3, -0.25) is 9.59 Å². The second kappa shape index (κ2) is 8.10. The molecular formula is C17H22ClF2N3O2. The zero-order chi connectivity index (χ0) is 17.3. The average molecular weight is 374 g/mol. The van der Waals surface area contributed by atoms with Gasteiger partial charge in [0.15, 0.2) is 0 Å². The predicted molar refractivity (Wildman–Crippen MR) is 92.5 cm³/mol. The molecule has 0 bridgehead atoms. The van der Waals surface area contributed by atoms with Crippen molar-refractivity contribution in [2.75, 3.05) is 24.5 Å². The minimum absolute atomic E-state index is 0. The first kappa shape index (κ1) is 19.6. The van der Waals surface area contributed by atoms with E-state index in [0.717, 1.165) is 31.4 Å². The molecule has 2 saturated heterocycles. The summed E-state index contributed by atoms with van der Waals surface area (Å²) < 4.78 is 27.0. The standard InChI is InChI=1S/C17H21F2N3O2.ClH/c18-12-4-5-15(14(19)8-12)22-10-11(7-16(22)23)17(24)21-6-2-1-3-13(21)9-20;/h4-5,8,11,13H,1-3,6-7,9-10,20H2;1H. The monoisotopic (exact) mass is 373 g/mol. The van der Waals surface area contributed by atoms with Gasteiger partial charge >= 0.3 is 0 Å². The van der Waals surface area contributed by atoms with Gasteiger partial charge in [0, 0.05) is 38.2 Å². The molecule has 5 nitrogen and oxygen atoms in total. The Morgan fingerprint density at radius 1 is 1.28 bits per heavy atom. The van der Waals surface area contributed by atoms with Crippen LogP contribution in [0.4, 0.5) is 14.5 Å². The van der Waals surface area contributed by atoms with Gasteiger partial charge < -0.3 is 15.5 Å². The average Bonchev–Trinajstić information content (AvgIpc) is 2.96. The highest BCUT2D eigenvalue weighted by atomic mass is 35.5. The molecule has 2 N–H and O–H groups in total. The fraction of sp³-hybridized carbons (Fsp3) is 0.529. The minimum Gasteiger partial charge on any atom is -0.338 e. The molecule has 2 heterocycles. The van der Waals surface area contributed by atoms with Crippen molar-refractivity contribution in [2.45, 2.75) is 31.7 Å². The maximum absolute atomic E-state index is 13.9. The van der Waals surface area contributed by atoms with E-state index in [9.17, 15) is 18.4 Å². The van der Waals surface area contributed by atoms with E-state index in [2.05, 4.69) is 0 Å². The van der Waals surface area contributed by atoms with Crippen LogP contribution in [-0.2, 0) is 9.59 Å². The van der Waals surface area contributed by atoms with Crippen LogP contribution in [0.25, 0.3) is 0 Å². The maximum Gasteiger partial charge on any atom is 0.228 e. The smallest absolute Gasteiger partial charge is 0.228 e. The molecule has 2 unspecified atom stereocenters.